The summed E-state index contributed by atoms with van der Waals surface area (Å²) in [6, 6.07) is 7.84. The highest BCUT2D eigenvalue weighted by Crippen LogP contribution is 2.42. The van der Waals surface area contributed by atoms with Gasteiger partial charge in [0, 0.05) is 24.9 Å². The van der Waals surface area contributed by atoms with E-state index in [0.29, 0.717) is 41.1 Å². The second-order valence-corrected chi connectivity index (χ2v) is 8.35. The molecule has 3 fully saturated rings. The second kappa shape index (κ2) is 8.37. The molecule has 1 saturated heterocycles. The average Bonchev–Trinajstić information content (AvgIpc) is 3.05. The van der Waals surface area contributed by atoms with Crippen LogP contribution in [0.2, 0.25) is 5.02 Å². The maximum absolute atomic E-state index is 13.0. The van der Waals surface area contributed by atoms with Crippen molar-refractivity contribution in [3.05, 3.63) is 29.3 Å². The number of hydrogen-bond acceptors (Lipinski definition) is 3. The third-order valence-electron chi connectivity index (χ3n) is 6.35. The minimum Gasteiger partial charge on any atom is -0.487 e. The Morgan fingerprint density at radius 3 is 2.54 bits per heavy atom. The predicted octanol–water partition coefficient (Wildman–Crippen LogP) is 3.90. The Labute approximate surface area is 166 Å². The van der Waals surface area contributed by atoms with Crippen molar-refractivity contribution in [2.24, 2.45) is 23.5 Å². The Bertz CT molecular complexity index is 628. The number of amides is 1. The summed E-state index contributed by atoms with van der Waals surface area (Å²) in [6.07, 6.45) is 6.53. The minimum atomic E-state index is 0. The molecule has 26 heavy (non-hydrogen) atoms. The topological polar surface area (TPSA) is 55.6 Å². The predicted molar refractivity (Wildman–Crippen MR) is 106 cm³/mol. The summed E-state index contributed by atoms with van der Waals surface area (Å²) in [5.41, 5.74) is 6.36. The Morgan fingerprint density at radius 2 is 1.85 bits per heavy atom. The molecule has 2 bridgehead atoms. The highest BCUT2D eigenvalue weighted by Gasteiger charge is 2.42. The molecular formula is C20H28Cl2N2O2. The molecule has 2 aliphatic carbocycles. The minimum absolute atomic E-state index is 0. The van der Waals surface area contributed by atoms with Gasteiger partial charge in [0.05, 0.1) is 11.6 Å². The molecule has 2 saturated carbocycles. The van der Waals surface area contributed by atoms with E-state index in [9.17, 15) is 4.79 Å². The Morgan fingerprint density at radius 1 is 1.15 bits per heavy atom. The quantitative estimate of drug-likeness (QED) is 0.839. The van der Waals surface area contributed by atoms with Crippen LogP contribution in [0.15, 0.2) is 24.3 Å². The molecule has 0 aromatic heterocycles. The number of halogens is 2. The molecule has 3 aliphatic rings. The van der Waals surface area contributed by atoms with Gasteiger partial charge in [0.15, 0.2) is 0 Å². The van der Waals surface area contributed by atoms with Crippen molar-refractivity contribution in [2.75, 3.05) is 13.1 Å². The zero-order chi connectivity index (χ0) is 17.4. The number of nitrogens with zero attached hydrogens (tertiary/aromatic N) is 1. The molecule has 0 radical (unpaired) electrons. The molecule has 1 heterocycles. The van der Waals surface area contributed by atoms with Crippen LogP contribution in [0, 0.1) is 17.8 Å². The number of carbonyl (C=O) groups is 1. The number of para-hydroxylation sites is 1. The first-order chi connectivity index (χ1) is 12.1. The fraction of sp³-hybridized carbons (Fsp3) is 0.650. The summed E-state index contributed by atoms with van der Waals surface area (Å²) in [5.74, 6) is 2.27. The van der Waals surface area contributed by atoms with Gasteiger partial charge in [-0.05, 0) is 49.7 Å². The van der Waals surface area contributed by atoms with E-state index in [-0.39, 0.29) is 24.4 Å². The molecule has 3 unspecified atom stereocenters. The number of ether oxygens (including phenoxy) is 1. The van der Waals surface area contributed by atoms with Crippen LogP contribution in [-0.4, -0.2) is 36.0 Å². The van der Waals surface area contributed by atoms with Gasteiger partial charge in [-0.25, -0.2) is 0 Å². The summed E-state index contributed by atoms with van der Waals surface area (Å²) >= 11 is 6.17. The monoisotopic (exact) mass is 398 g/mol. The lowest BCUT2D eigenvalue weighted by atomic mass is 9.65. The summed E-state index contributed by atoms with van der Waals surface area (Å²) in [5, 5.41) is 0.626. The SMILES string of the molecule is Cl.NC1C2CCCC1CC(C(=O)N1CCC(Oc3ccccc3Cl)C1)C2. The molecule has 4 nitrogen and oxygen atoms in total. The van der Waals surface area contributed by atoms with Crippen LogP contribution >= 0.6 is 24.0 Å². The van der Waals surface area contributed by atoms with Gasteiger partial charge < -0.3 is 15.4 Å². The Hall–Kier alpha value is -0.970. The van der Waals surface area contributed by atoms with Crippen molar-refractivity contribution in [1.29, 1.82) is 0 Å². The van der Waals surface area contributed by atoms with Crippen LogP contribution in [0.4, 0.5) is 0 Å². The number of rotatable bonds is 3. The molecule has 2 N–H and O–H groups in total. The number of benzene rings is 1. The number of hydrogen-bond donors (Lipinski definition) is 1. The maximum atomic E-state index is 13.0. The lowest BCUT2D eigenvalue weighted by Crippen LogP contribution is -2.49. The van der Waals surface area contributed by atoms with E-state index >= 15 is 0 Å². The first kappa shape index (κ1) is 19.8. The van der Waals surface area contributed by atoms with E-state index in [0.717, 1.165) is 25.8 Å². The average molecular weight is 399 g/mol. The van der Waals surface area contributed by atoms with Crippen LogP contribution in [-0.2, 0) is 4.79 Å². The van der Waals surface area contributed by atoms with Crippen LogP contribution in [0.25, 0.3) is 0 Å². The van der Waals surface area contributed by atoms with Gasteiger partial charge in [0.2, 0.25) is 5.91 Å². The summed E-state index contributed by atoms with van der Waals surface area (Å²) in [6.45, 7) is 1.45. The van der Waals surface area contributed by atoms with Gasteiger partial charge in [0.25, 0.3) is 0 Å². The van der Waals surface area contributed by atoms with Crippen molar-refractivity contribution in [3.63, 3.8) is 0 Å². The molecule has 1 aromatic rings. The van der Waals surface area contributed by atoms with Crippen molar-refractivity contribution in [3.8, 4) is 5.75 Å². The first-order valence-corrected chi connectivity index (χ1v) is 9.95. The van der Waals surface area contributed by atoms with Crippen LogP contribution in [0.5, 0.6) is 5.75 Å². The van der Waals surface area contributed by atoms with E-state index in [4.69, 9.17) is 22.1 Å². The molecule has 1 amide bonds. The normalized spacial score (nSPS) is 33.5. The van der Waals surface area contributed by atoms with E-state index in [1.807, 2.05) is 29.2 Å². The van der Waals surface area contributed by atoms with Gasteiger partial charge in [0.1, 0.15) is 11.9 Å². The largest absolute Gasteiger partial charge is 0.487 e. The van der Waals surface area contributed by atoms with Crippen LogP contribution in [0.1, 0.15) is 38.5 Å². The maximum Gasteiger partial charge on any atom is 0.225 e. The highest BCUT2D eigenvalue weighted by atomic mass is 35.5. The zero-order valence-corrected chi connectivity index (χ0v) is 16.6. The Balaban J connectivity index is 0.00000196. The molecule has 1 aliphatic heterocycles. The molecule has 4 rings (SSSR count). The lowest BCUT2D eigenvalue weighted by molar-refractivity contribution is -0.137. The van der Waals surface area contributed by atoms with Gasteiger partial charge >= 0.3 is 0 Å². The van der Waals surface area contributed by atoms with Gasteiger partial charge in [-0.1, -0.05) is 30.2 Å². The third-order valence-corrected chi connectivity index (χ3v) is 6.66. The number of fused-ring (bicyclic) bond motifs is 2. The first-order valence-electron chi connectivity index (χ1n) is 9.57. The molecule has 144 valence electrons. The van der Waals surface area contributed by atoms with Crippen molar-refractivity contribution in [2.45, 2.75) is 50.7 Å². The number of likely N-dealkylation sites (tertiary alicyclic amines) is 1. The standard InChI is InChI=1S/C20H27ClN2O2.ClH/c21-17-6-1-2-7-18(17)25-16-8-9-23(12-16)20(24)15-10-13-4-3-5-14(11-15)19(13)22;/h1-2,6-7,13-16,19H,3-5,8-12,22H2;1H. The molecule has 0 spiro atoms. The van der Waals surface area contributed by atoms with E-state index in [1.54, 1.807) is 0 Å². The van der Waals surface area contributed by atoms with E-state index in [1.165, 1.54) is 19.3 Å². The third kappa shape index (κ3) is 3.97. The molecular weight excluding hydrogens is 371 g/mol. The van der Waals surface area contributed by atoms with Crippen molar-refractivity contribution < 1.29 is 9.53 Å². The van der Waals surface area contributed by atoms with Gasteiger partial charge in [-0.2, -0.15) is 0 Å². The zero-order valence-electron chi connectivity index (χ0n) is 15.0. The molecule has 1 aromatic carbocycles. The molecule has 3 atom stereocenters. The highest BCUT2D eigenvalue weighted by molar-refractivity contribution is 6.32. The second-order valence-electron chi connectivity index (χ2n) is 7.94. The lowest BCUT2D eigenvalue weighted by Gasteiger charge is -2.44. The Kier molecular flexibility index (Phi) is 6.37. The number of nitrogens with two attached hydrogens (primary N) is 1. The van der Waals surface area contributed by atoms with E-state index < -0.39 is 0 Å². The smallest absolute Gasteiger partial charge is 0.225 e. The van der Waals surface area contributed by atoms with Gasteiger partial charge in [-0.3, -0.25) is 4.79 Å². The van der Waals surface area contributed by atoms with Crippen LogP contribution < -0.4 is 10.5 Å². The fourth-order valence-corrected chi connectivity index (χ4v) is 5.17. The summed E-state index contributed by atoms with van der Waals surface area (Å²) < 4.78 is 6.02. The summed E-state index contributed by atoms with van der Waals surface area (Å²) in [7, 11) is 0. The van der Waals surface area contributed by atoms with Gasteiger partial charge in [-0.15, -0.1) is 12.4 Å². The van der Waals surface area contributed by atoms with E-state index in [2.05, 4.69) is 0 Å². The molecule has 6 heteroatoms. The summed E-state index contributed by atoms with van der Waals surface area (Å²) in [4.78, 5) is 15.0. The van der Waals surface area contributed by atoms with Crippen molar-refractivity contribution in [1.82, 2.24) is 4.90 Å². The van der Waals surface area contributed by atoms with Crippen molar-refractivity contribution >= 4 is 29.9 Å². The number of carbonyl (C=O) groups excluding carboxylic acids is 1. The van der Waals surface area contributed by atoms with Crippen LogP contribution in [0.3, 0.4) is 0 Å². The fourth-order valence-electron chi connectivity index (χ4n) is 4.99.